The zero-order valence-corrected chi connectivity index (χ0v) is 16.6. The number of aliphatic hydroxyl groups is 6. The Morgan fingerprint density at radius 2 is 1.84 bits per heavy atom. The fourth-order valence-corrected chi connectivity index (χ4v) is 3.25. The van der Waals surface area contributed by atoms with Gasteiger partial charge in [0.15, 0.2) is 6.29 Å². The quantitative estimate of drug-likeness (QED) is 0.235. The smallest absolute Gasteiger partial charge is 0.341 e. The Kier molecular flexibility index (Phi) is 7.47. The number of esters is 1. The van der Waals surface area contributed by atoms with Crippen molar-refractivity contribution in [3.05, 3.63) is 29.8 Å². The lowest BCUT2D eigenvalue weighted by molar-refractivity contribution is -0.289. The van der Waals surface area contributed by atoms with Gasteiger partial charge in [-0.3, -0.25) is 0 Å². The molecule has 1 aromatic rings. The van der Waals surface area contributed by atoms with Crippen molar-refractivity contribution < 1.29 is 59.1 Å². The summed E-state index contributed by atoms with van der Waals surface area (Å²) in [6.07, 6.45) is -10.5. The van der Waals surface area contributed by atoms with Gasteiger partial charge < -0.3 is 54.3 Å². The van der Waals surface area contributed by atoms with Crippen LogP contribution in [-0.4, -0.2) is 112 Å². The fraction of sp³-hybridized carbons (Fsp3) is 0.632. The Hall–Kier alpha value is -1.87. The van der Waals surface area contributed by atoms with E-state index in [4.69, 9.17) is 24.1 Å². The Morgan fingerprint density at radius 3 is 2.48 bits per heavy atom. The molecule has 174 valence electrons. The lowest BCUT2D eigenvalue weighted by atomic mass is 9.99. The van der Waals surface area contributed by atoms with Crippen LogP contribution in [0.15, 0.2) is 24.3 Å². The molecule has 0 unspecified atom stereocenters. The largest absolute Gasteiger partial charge is 0.465 e. The van der Waals surface area contributed by atoms with E-state index in [2.05, 4.69) is 4.74 Å². The summed E-state index contributed by atoms with van der Waals surface area (Å²) in [4.78, 5) is 11.9. The molecule has 2 fully saturated rings. The topological polar surface area (TPSA) is 185 Å². The second kappa shape index (κ2) is 9.73. The molecule has 2 heterocycles. The van der Waals surface area contributed by atoms with Crippen LogP contribution in [0.4, 0.5) is 0 Å². The van der Waals surface area contributed by atoms with E-state index in [0.717, 1.165) is 0 Å². The third-order valence-corrected chi connectivity index (χ3v) is 5.21. The molecule has 12 nitrogen and oxygen atoms in total. The zero-order chi connectivity index (χ0) is 22.8. The number of ether oxygens (including phenoxy) is 5. The molecule has 0 amide bonds. The molecule has 12 heteroatoms. The molecule has 1 aromatic carbocycles. The number of para-hydroxylation sites is 1. The van der Waals surface area contributed by atoms with E-state index in [1.807, 2.05) is 0 Å². The minimum Gasteiger partial charge on any atom is -0.465 e. The first-order valence-electron chi connectivity index (χ1n) is 9.50. The summed E-state index contributed by atoms with van der Waals surface area (Å²) in [7, 11) is 1.19. The number of methoxy groups -OCH3 is 1. The molecule has 2 saturated heterocycles. The summed E-state index contributed by atoms with van der Waals surface area (Å²) in [5.74, 6) is -0.672. The lowest BCUT2D eigenvalue weighted by Gasteiger charge is -2.40. The maximum atomic E-state index is 11.9. The summed E-state index contributed by atoms with van der Waals surface area (Å²) >= 11 is 0. The SMILES string of the molecule is COC(=O)c1ccccc1O[C@@H]1O[C@@H](CO[C@@H]2OC[C@](O)(CO)[C@@H]2O)[C@@H](O)[C@@H](O)[C@H]1O. The third kappa shape index (κ3) is 4.82. The fourth-order valence-electron chi connectivity index (χ4n) is 3.25. The molecule has 6 N–H and O–H groups in total. The molecular weight excluding hydrogens is 420 g/mol. The molecule has 8 atom stereocenters. The molecule has 0 saturated carbocycles. The number of benzene rings is 1. The Bertz CT molecular complexity index is 759. The van der Waals surface area contributed by atoms with Crippen molar-refractivity contribution in [3.63, 3.8) is 0 Å². The van der Waals surface area contributed by atoms with Crippen LogP contribution in [0.25, 0.3) is 0 Å². The predicted octanol–water partition coefficient (Wildman–Crippen LogP) is -2.88. The molecule has 3 rings (SSSR count). The number of carbonyl (C=O) groups excluding carboxylic acids is 1. The number of hydrogen-bond acceptors (Lipinski definition) is 12. The van der Waals surface area contributed by atoms with Gasteiger partial charge in [0.1, 0.15) is 47.4 Å². The van der Waals surface area contributed by atoms with Crippen molar-refractivity contribution in [2.75, 3.05) is 26.9 Å². The summed E-state index contributed by atoms with van der Waals surface area (Å²) in [6.45, 7) is -1.55. The number of aliphatic hydroxyl groups excluding tert-OH is 5. The van der Waals surface area contributed by atoms with Gasteiger partial charge in [-0.1, -0.05) is 12.1 Å². The molecule has 2 aliphatic heterocycles. The summed E-state index contributed by atoms with van der Waals surface area (Å²) in [5, 5.41) is 59.9. The van der Waals surface area contributed by atoms with Crippen LogP contribution in [0.3, 0.4) is 0 Å². The van der Waals surface area contributed by atoms with Gasteiger partial charge in [0.05, 0.1) is 26.9 Å². The van der Waals surface area contributed by atoms with Gasteiger partial charge in [-0.25, -0.2) is 4.79 Å². The van der Waals surface area contributed by atoms with Gasteiger partial charge in [-0.2, -0.15) is 0 Å². The van der Waals surface area contributed by atoms with E-state index in [-0.39, 0.29) is 17.9 Å². The first-order valence-corrected chi connectivity index (χ1v) is 9.50. The lowest BCUT2D eigenvalue weighted by Crippen LogP contribution is -2.60. The van der Waals surface area contributed by atoms with Gasteiger partial charge in [-0.15, -0.1) is 0 Å². The van der Waals surface area contributed by atoms with E-state index in [1.54, 1.807) is 12.1 Å². The van der Waals surface area contributed by atoms with Crippen molar-refractivity contribution in [2.24, 2.45) is 0 Å². The molecule has 0 radical (unpaired) electrons. The number of carbonyl (C=O) groups is 1. The van der Waals surface area contributed by atoms with E-state index in [0.29, 0.717) is 0 Å². The van der Waals surface area contributed by atoms with Gasteiger partial charge in [-0.05, 0) is 12.1 Å². The maximum Gasteiger partial charge on any atom is 0.341 e. The van der Waals surface area contributed by atoms with Crippen LogP contribution in [0.1, 0.15) is 10.4 Å². The summed E-state index contributed by atoms with van der Waals surface area (Å²) < 4.78 is 26.2. The molecular formula is C19H26O12. The minimum atomic E-state index is -1.89. The highest BCUT2D eigenvalue weighted by Gasteiger charge is 2.50. The summed E-state index contributed by atoms with van der Waals surface area (Å²) in [6, 6.07) is 6.02. The van der Waals surface area contributed by atoms with Crippen molar-refractivity contribution in [3.8, 4) is 5.75 Å². The van der Waals surface area contributed by atoms with Crippen LogP contribution in [-0.2, 0) is 18.9 Å². The zero-order valence-electron chi connectivity index (χ0n) is 16.6. The molecule has 0 spiro atoms. The predicted molar refractivity (Wildman–Crippen MR) is 98.8 cm³/mol. The normalized spacial score (nSPS) is 38.1. The van der Waals surface area contributed by atoms with Crippen molar-refractivity contribution in [1.29, 1.82) is 0 Å². The van der Waals surface area contributed by atoms with Crippen LogP contribution in [0.5, 0.6) is 5.75 Å². The standard InChI is InChI=1S/C19H26O12/c1-27-16(25)9-4-2-3-5-10(9)30-17-14(23)13(22)12(21)11(31-17)6-28-18-15(24)19(26,7-20)8-29-18/h2-5,11-15,17-18,20-24,26H,6-8H2,1H3/t11-,12+,13+,14+,15+,17+,18+,19+/m0/s1. The van der Waals surface area contributed by atoms with Crippen molar-refractivity contribution >= 4 is 5.97 Å². The second-order valence-corrected chi connectivity index (χ2v) is 7.34. The molecule has 2 aliphatic rings. The Morgan fingerprint density at radius 1 is 1.13 bits per heavy atom. The van der Waals surface area contributed by atoms with E-state index >= 15 is 0 Å². The molecule has 0 aromatic heterocycles. The van der Waals surface area contributed by atoms with Gasteiger partial charge in [0.25, 0.3) is 0 Å². The monoisotopic (exact) mass is 446 g/mol. The van der Waals surface area contributed by atoms with Crippen molar-refractivity contribution in [2.45, 2.75) is 48.7 Å². The third-order valence-electron chi connectivity index (χ3n) is 5.21. The first kappa shape index (κ1) is 23.8. The van der Waals surface area contributed by atoms with E-state index in [1.165, 1.54) is 19.2 Å². The Labute approximate surface area is 177 Å². The highest BCUT2D eigenvalue weighted by molar-refractivity contribution is 5.92. The van der Waals surface area contributed by atoms with Gasteiger partial charge in [0.2, 0.25) is 6.29 Å². The second-order valence-electron chi connectivity index (χ2n) is 7.34. The van der Waals surface area contributed by atoms with Crippen LogP contribution in [0, 0.1) is 0 Å². The van der Waals surface area contributed by atoms with E-state index in [9.17, 15) is 30.3 Å². The Balaban J connectivity index is 1.68. The highest BCUT2D eigenvalue weighted by atomic mass is 16.7. The first-order chi connectivity index (χ1) is 14.7. The molecule has 31 heavy (non-hydrogen) atoms. The highest BCUT2D eigenvalue weighted by Crippen LogP contribution is 2.29. The molecule has 0 bridgehead atoms. The number of hydrogen-bond donors (Lipinski definition) is 6. The summed E-state index contributed by atoms with van der Waals surface area (Å²) in [5.41, 5.74) is -1.84. The van der Waals surface area contributed by atoms with Crippen LogP contribution < -0.4 is 4.74 Å². The average Bonchev–Trinajstić information content (AvgIpc) is 3.07. The van der Waals surface area contributed by atoms with Crippen LogP contribution >= 0.6 is 0 Å². The van der Waals surface area contributed by atoms with Crippen LogP contribution in [0.2, 0.25) is 0 Å². The minimum absolute atomic E-state index is 0.0178. The molecule has 0 aliphatic carbocycles. The van der Waals surface area contributed by atoms with Gasteiger partial charge >= 0.3 is 5.97 Å². The number of rotatable bonds is 7. The van der Waals surface area contributed by atoms with Crippen molar-refractivity contribution in [1.82, 2.24) is 0 Å². The van der Waals surface area contributed by atoms with Gasteiger partial charge in [0, 0.05) is 0 Å². The maximum absolute atomic E-state index is 11.9. The average molecular weight is 446 g/mol. The van der Waals surface area contributed by atoms with E-state index < -0.39 is 67.9 Å².